The molecule has 1 heterocycles. The Balaban J connectivity index is 2.08. The van der Waals surface area contributed by atoms with E-state index in [2.05, 4.69) is 21.1 Å². The van der Waals surface area contributed by atoms with Gasteiger partial charge in [-0.25, -0.2) is 0 Å². The lowest BCUT2D eigenvalue weighted by Gasteiger charge is -2.21. The molecule has 5 nitrogen and oxygen atoms in total. The second-order valence-corrected chi connectivity index (χ2v) is 7.01. The topological polar surface area (TPSA) is 78.9 Å². The summed E-state index contributed by atoms with van der Waals surface area (Å²) in [6, 6.07) is 2.20. The fraction of sp³-hybridized carbons (Fsp3) is 0.500. The number of hydrogen-bond donors (Lipinski definition) is 2. The van der Waals surface area contributed by atoms with Gasteiger partial charge >= 0.3 is 0 Å². The van der Waals surface area contributed by atoms with Crippen LogP contribution in [-0.4, -0.2) is 34.4 Å². The largest absolute Gasteiger partial charge is 0.409 e. The highest BCUT2D eigenvalue weighted by Gasteiger charge is 2.33. The first-order chi connectivity index (χ1) is 9.02. The first-order valence-electron chi connectivity index (χ1n) is 6.06. The van der Waals surface area contributed by atoms with Crippen molar-refractivity contribution < 1.29 is 10.0 Å². The molecule has 0 aliphatic heterocycles. The fourth-order valence-corrected chi connectivity index (χ4v) is 3.32. The minimum atomic E-state index is 0.0343. The monoisotopic (exact) mass is 345 g/mol. The molecule has 3 N–H and O–H groups in total. The summed E-state index contributed by atoms with van der Waals surface area (Å²) in [5, 5.41) is 11.5. The lowest BCUT2D eigenvalue weighted by Crippen LogP contribution is -2.35. The van der Waals surface area contributed by atoms with Crippen molar-refractivity contribution in [2.75, 3.05) is 6.54 Å². The van der Waals surface area contributed by atoms with Gasteiger partial charge in [-0.3, -0.25) is 4.79 Å². The maximum absolute atomic E-state index is 12.5. The van der Waals surface area contributed by atoms with E-state index in [1.807, 2.05) is 17.9 Å². The molecule has 1 saturated carbocycles. The molecule has 0 unspecified atom stereocenters. The zero-order chi connectivity index (χ0) is 14.0. The third-order valence-corrected chi connectivity index (χ3v) is 5.18. The van der Waals surface area contributed by atoms with E-state index in [9.17, 15) is 4.79 Å². The van der Waals surface area contributed by atoms with E-state index in [-0.39, 0.29) is 11.7 Å². The maximum atomic E-state index is 12.5. The van der Waals surface area contributed by atoms with E-state index in [0.717, 1.165) is 27.1 Å². The van der Waals surface area contributed by atoms with Crippen molar-refractivity contribution in [3.8, 4) is 0 Å². The van der Waals surface area contributed by atoms with E-state index >= 15 is 0 Å². The van der Waals surface area contributed by atoms with Crippen molar-refractivity contribution in [1.29, 1.82) is 0 Å². The molecule has 0 aromatic carbocycles. The molecule has 0 saturated heterocycles. The lowest BCUT2D eigenvalue weighted by atomic mass is 10.3. The van der Waals surface area contributed by atoms with Crippen LogP contribution in [0, 0.1) is 6.92 Å². The number of hydrogen-bond acceptors (Lipinski definition) is 4. The summed E-state index contributed by atoms with van der Waals surface area (Å²) in [5.74, 6) is 0.189. The molecule has 19 heavy (non-hydrogen) atoms. The number of carbonyl (C=O) groups is 1. The number of rotatable bonds is 5. The first kappa shape index (κ1) is 14.3. The minimum Gasteiger partial charge on any atom is -0.409 e. The van der Waals surface area contributed by atoms with Crippen LogP contribution in [0.3, 0.4) is 0 Å². The summed E-state index contributed by atoms with van der Waals surface area (Å²) in [5.41, 5.74) is 6.54. The Hall–Kier alpha value is -1.08. The fourth-order valence-electron chi connectivity index (χ4n) is 1.83. The maximum Gasteiger partial charge on any atom is 0.264 e. The van der Waals surface area contributed by atoms with Crippen LogP contribution in [0.2, 0.25) is 0 Å². The van der Waals surface area contributed by atoms with Crippen molar-refractivity contribution in [3.05, 3.63) is 20.3 Å². The van der Waals surface area contributed by atoms with Crippen LogP contribution in [0.5, 0.6) is 0 Å². The Kier molecular flexibility index (Phi) is 4.46. The number of carbonyl (C=O) groups excluding carboxylic acids is 1. The zero-order valence-electron chi connectivity index (χ0n) is 10.6. The highest BCUT2D eigenvalue weighted by Crippen LogP contribution is 2.32. The number of nitrogens with zero attached hydrogens (tertiary/aromatic N) is 2. The van der Waals surface area contributed by atoms with Crippen molar-refractivity contribution in [3.63, 3.8) is 0 Å². The highest BCUT2D eigenvalue weighted by molar-refractivity contribution is 9.11. The van der Waals surface area contributed by atoms with Crippen molar-refractivity contribution in [1.82, 2.24) is 4.90 Å². The number of amidine groups is 1. The molecule has 2 rings (SSSR count). The second kappa shape index (κ2) is 5.92. The molecule has 0 radical (unpaired) electrons. The molecule has 0 atom stereocenters. The lowest BCUT2D eigenvalue weighted by molar-refractivity contribution is 0.0752. The number of aryl methyl sites for hydroxylation is 1. The van der Waals surface area contributed by atoms with Crippen LogP contribution in [0.15, 0.2) is 15.0 Å². The van der Waals surface area contributed by atoms with Gasteiger partial charge in [-0.2, -0.15) is 0 Å². The quantitative estimate of drug-likeness (QED) is 0.372. The molecule has 1 aliphatic carbocycles. The van der Waals surface area contributed by atoms with Gasteiger partial charge in [0.2, 0.25) is 0 Å². The molecule has 0 bridgehead atoms. The van der Waals surface area contributed by atoms with Gasteiger partial charge in [-0.05, 0) is 47.3 Å². The third kappa shape index (κ3) is 3.48. The van der Waals surface area contributed by atoms with Gasteiger partial charge in [0, 0.05) is 19.0 Å². The second-order valence-electron chi connectivity index (χ2n) is 4.64. The molecule has 1 aliphatic rings. The summed E-state index contributed by atoms with van der Waals surface area (Å²) < 4.78 is 0.989. The van der Waals surface area contributed by atoms with E-state index in [1.165, 1.54) is 11.3 Å². The summed E-state index contributed by atoms with van der Waals surface area (Å²) in [4.78, 5) is 15.0. The highest BCUT2D eigenvalue weighted by atomic mass is 79.9. The van der Waals surface area contributed by atoms with E-state index in [0.29, 0.717) is 19.0 Å². The number of halogens is 1. The van der Waals surface area contributed by atoms with Crippen molar-refractivity contribution in [2.24, 2.45) is 10.9 Å². The van der Waals surface area contributed by atoms with Crippen LogP contribution in [0.25, 0.3) is 0 Å². The molecule has 1 amide bonds. The Morgan fingerprint density at radius 3 is 2.84 bits per heavy atom. The molecular formula is C12H16BrN3O2S. The van der Waals surface area contributed by atoms with Crippen LogP contribution in [-0.2, 0) is 0 Å². The van der Waals surface area contributed by atoms with E-state index in [4.69, 9.17) is 10.9 Å². The van der Waals surface area contributed by atoms with E-state index in [1.54, 1.807) is 0 Å². The summed E-state index contributed by atoms with van der Waals surface area (Å²) in [6.07, 6.45) is 2.46. The van der Waals surface area contributed by atoms with Gasteiger partial charge < -0.3 is 15.8 Å². The van der Waals surface area contributed by atoms with Gasteiger partial charge in [0.1, 0.15) is 5.84 Å². The van der Waals surface area contributed by atoms with Gasteiger partial charge in [-0.1, -0.05) is 5.16 Å². The normalized spacial score (nSPS) is 15.6. The Labute approximate surface area is 124 Å². The first-order valence-corrected chi connectivity index (χ1v) is 7.67. The SMILES string of the molecule is Cc1cc(C(=O)N(CCC(N)=NO)C2CC2)sc1Br. The number of oxime groups is 1. The summed E-state index contributed by atoms with van der Waals surface area (Å²) in [7, 11) is 0. The summed E-state index contributed by atoms with van der Waals surface area (Å²) >= 11 is 4.89. The molecule has 0 spiro atoms. The smallest absolute Gasteiger partial charge is 0.264 e. The van der Waals surface area contributed by atoms with Crippen LogP contribution < -0.4 is 5.73 Å². The minimum absolute atomic E-state index is 0.0343. The average Bonchev–Trinajstić information content (AvgIpc) is 3.16. The number of nitrogens with two attached hydrogens (primary N) is 1. The predicted molar refractivity (Wildman–Crippen MR) is 78.8 cm³/mol. The molecule has 1 fully saturated rings. The molecular weight excluding hydrogens is 330 g/mol. The van der Waals surface area contributed by atoms with Gasteiger partial charge in [0.15, 0.2) is 0 Å². The predicted octanol–water partition coefficient (Wildman–Crippen LogP) is 2.56. The Morgan fingerprint density at radius 1 is 1.68 bits per heavy atom. The average molecular weight is 346 g/mol. The van der Waals surface area contributed by atoms with E-state index < -0.39 is 0 Å². The van der Waals surface area contributed by atoms with Crippen LogP contribution in [0.1, 0.15) is 34.5 Å². The zero-order valence-corrected chi connectivity index (χ0v) is 13.0. The molecule has 104 valence electrons. The Bertz CT molecular complexity index is 492. The van der Waals surface area contributed by atoms with Crippen molar-refractivity contribution in [2.45, 2.75) is 32.2 Å². The Morgan fingerprint density at radius 2 is 2.37 bits per heavy atom. The molecule has 1 aromatic heterocycles. The van der Waals surface area contributed by atoms with Gasteiger partial charge in [-0.15, -0.1) is 11.3 Å². The molecule has 7 heteroatoms. The number of thiophene rings is 1. The van der Waals surface area contributed by atoms with Crippen LogP contribution in [0.4, 0.5) is 0 Å². The van der Waals surface area contributed by atoms with Gasteiger partial charge in [0.25, 0.3) is 5.91 Å². The van der Waals surface area contributed by atoms with Gasteiger partial charge in [0.05, 0.1) is 8.66 Å². The summed E-state index contributed by atoms with van der Waals surface area (Å²) in [6.45, 7) is 2.46. The molecule has 1 aromatic rings. The standard InChI is InChI=1S/C12H16BrN3O2S/c1-7-6-9(19-11(7)13)12(17)16(8-2-3-8)5-4-10(14)15-18/h6,8,18H,2-5H2,1H3,(H2,14,15). The van der Waals surface area contributed by atoms with Crippen molar-refractivity contribution >= 4 is 39.0 Å². The third-order valence-electron chi connectivity index (χ3n) is 3.05. The number of amides is 1. The van der Waals surface area contributed by atoms with Crippen LogP contribution >= 0.6 is 27.3 Å².